The number of benzene rings is 1. The molecule has 0 aromatic heterocycles. The van der Waals surface area contributed by atoms with Gasteiger partial charge in [-0.1, -0.05) is 30.2 Å². The number of hydrogen-bond acceptors (Lipinski definition) is 2. The normalized spacial score (nSPS) is 17.5. The summed E-state index contributed by atoms with van der Waals surface area (Å²) in [5, 5.41) is 3.41. The van der Waals surface area contributed by atoms with Crippen molar-refractivity contribution in [3.05, 3.63) is 46.1 Å². The SMILES string of the molecule is CO[C@@H]([C@H](C)C(F)(F)F)[C@](C)(N=[N+]=[N-])c1ccccc1F. The Morgan fingerprint density at radius 2 is 1.86 bits per heavy atom. The Labute approximate surface area is 119 Å². The first-order chi connectivity index (χ1) is 9.68. The standard InChI is InChI=1S/C13H15F4N3O/c1-8(13(15,16)17)11(21-3)12(2,19-20-18)9-6-4-5-7-10(9)14/h4-8,11H,1-3H3/t8-,11-,12+/m0/s1. The fraction of sp³-hybridized carbons (Fsp3) is 0.538. The number of alkyl halides is 3. The van der Waals surface area contributed by atoms with Gasteiger partial charge in [0.25, 0.3) is 0 Å². The first kappa shape index (κ1) is 17.3. The molecular weight excluding hydrogens is 290 g/mol. The predicted molar refractivity (Wildman–Crippen MR) is 68.9 cm³/mol. The van der Waals surface area contributed by atoms with E-state index in [-0.39, 0.29) is 5.56 Å². The summed E-state index contributed by atoms with van der Waals surface area (Å²) < 4.78 is 57.8. The molecule has 1 rings (SSSR count). The van der Waals surface area contributed by atoms with Crippen molar-refractivity contribution < 1.29 is 22.3 Å². The molecule has 0 aliphatic carbocycles. The minimum absolute atomic E-state index is 0.147. The van der Waals surface area contributed by atoms with E-state index in [0.717, 1.165) is 20.1 Å². The van der Waals surface area contributed by atoms with Gasteiger partial charge in [0.2, 0.25) is 0 Å². The monoisotopic (exact) mass is 305 g/mol. The van der Waals surface area contributed by atoms with E-state index in [2.05, 4.69) is 10.0 Å². The second-order valence-electron chi connectivity index (χ2n) is 4.80. The lowest BCUT2D eigenvalue weighted by Gasteiger charge is -2.37. The van der Waals surface area contributed by atoms with Gasteiger partial charge in [-0.3, -0.25) is 0 Å². The second kappa shape index (κ2) is 6.32. The van der Waals surface area contributed by atoms with Crippen LogP contribution in [0.25, 0.3) is 10.4 Å². The summed E-state index contributed by atoms with van der Waals surface area (Å²) in [5.41, 5.74) is 6.71. The number of hydrogen-bond donors (Lipinski definition) is 0. The van der Waals surface area contributed by atoms with Gasteiger partial charge in [0.1, 0.15) is 11.4 Å². The highest BCUT2D eigenvalue weighted by Gasteiger charge is 2.50. The van der Waals surface area contributed by atoms with Crippen LogP contribution in [0, 0.1) is 11.7 Å². The Bertz CT molecular complexity index is 542. The van der Waals surface area contributed by atoms with Crippen molar-refractivity contribution in [1.82, 2.24) is 0 Å². The summed E-state index contributed by atoms with van der Waals surface area (Å²) in [5.74, 6) is -2.71. The van der Waals surface area contributed by atoms with Crippen LogP contribution >= 0.6 is 0 Å². The van der Waals surface area contributed by atoms with Crippen LogP contribution in [0.1, 0.15) is 19.4 Å². The first-order valence-corrected chi connectivity index (χ1v) is 6.09. The topological polar surface area (TPSA) is 58.0 Å². The zero-order valence-electron chi connectivity index (χ0n) is 11.7. The third-order valence-corrected chi connectivity index (χ3v) is 3.45. The second-order valence-corrected chi connectivity index (χ2v) is 4.80. The van der Waals surface area contributed by atoms with Gasteiger partial charge in [0.05, 0.1) is 12.0 Å². The Balaban J connectivity index is 3.45. The Morgan fingerprint density at radius 3 is 2.29 bits per heavy atom. The minimum atomic E-state index is -4.57. The summed E-state index contributed by atoms with van der Waals surface area (Å²) >= 11 is 0. The van der Waals surface area contributed by atoms with E-state index in [0.29, 0.717) is 0 Å². The van der Waals surface area contributed by atoms with Crippen molar-refractivity contribution >= 4 is 0 Å². The highest BCUT2D eigenvalue weighted by atomic mass is 19.4. The van der Waals surface area contributed by atoms with E-state index < -0.39 is 29.6 Å². The van der Waals surface area contributed by atoms with Gasteiger partial charge in [0.15, 0.2) is 0 Å². The van der Waals surface area contributed by atoms with E-state index >= 15 is 0 Å². The minimum Gasteiger partial charge on any atom is -0.380 e. The van der Waals surface area contributed by atoms with Gasteiger partial charge >= 0.3 is 6.18 Å². The zero-order valence-corrected chi connectivity index (χ0v) is 11.7. The van der Waals surface area contributed by atoms with Crippen LogP contribution in [-0.2, 0) is 10.3 Å². The van der Waals surface area contributed by atoms with Crippen LogP contribution in [0.5, 0.6) is 0 Å². The van der Waals surface area contributed by atoms with Crippen molar-refractivity contribution in [2.24, 2.45) is 11.0 Å². The van der Waals surface area contributed by atoms with Crippen molar-refractivity contribution in [3.8, 4) is 0 Å². The predicted octanol–water partition coefficient (Wildman–Crippen LogP) is 4.56. The number of nitrogens with zero attached hydrogens (tertiary/aromatic N) is 3. The molecule has 4 nitrogen and oxygen atoms in total. The molecule has 0 radical (unpaired) electrons. The van der Waals surface area contributed by atoms with E-state index in [4.69, 9.17) is 10.3 Å². The molecular formula is C13H15F4N3O. The molecule has 0 N–H and O–H groups in total. The molecule has 0 fully saturated rings. The molecule has 116 valence electrons. The molecule has 3 atom stereocenters. The first-order valence-electron chi connectivity index (χ1n) is 6.09. The maximum atomic E-state index is 13.9. The summed E-state index contributed by atoms with van der Waals surface area (Å²) in [6, 6.07) is 5.21. The number of rotatable bonds is 5. The van der Waals surface area contributed by atoms with Crippen LogP contribution in [0.15, 0.2) is 29.4 Å². The molecule has 1 aromatic carbocycles. The van der Waals surface area contributed by atoms with Crippen molar-refractivity contribution in [2.45, 2.75) is 31.7 Å². The lowest BCUT2D eigenvalue weighted by molar-refractivity contribution is -0.207. The summed E-state index contributed by atoms with van der Waals surface area (Å²) in [7, 11) is 1.07. The van der Waals surface area contributed by atoms with Gasteiger partial charge in [-0.15, -0.1) is 0 Å². The van der Waals surface area contributed by atoms with Gasteiger partial charge in [-0.05, 0) is 18.5 Å². The molecule has 0 heterocycles. The molecule has 0 amide bonds. The Kier molecular flexibility index (Phi) is 5.20. The molecule has 0 unspecified atom stereocenters. The molecule has 0 aliphatic rings. The number of ether oxygens (including phenoxy) is 1. The maximum absolute atomic E-state index is 13.9. The maximum Gasteiger partial charge on any atom is 0.394 e. The van der Waals surface area contributed by atoms with Gasteiger partial charge in [-0.2, -0.15) is 13.2 Å². The van der Waals surface area contributed by atoms with Crippen LogP contribution in [-0.4, -0.2) is 19.4 Å². The zero-order chi connectivity index (χ0) is 16.3. The lowest BCUT2D eigenvalue weighted by Crippen LogP contribution is -2.46. The lowest BCUT2D eigenvalue weighted by atomic mass is 9.80. The van der Waals surface area contributed by atoms with Gasteiger partial charge < -0.3 is 4.74 Å². The van der Waals surface area contributed by atoms with E-state index in [1.54, 1.807) is 0 Å². The quantitative estimate of drug-likeness (QED) is 0.340. The molecule has 8 heteroatoms. The highest BCUT2D eigenvalue weighted by molar-refractivity contribution is 5.28. The van der Waals surface area contributed by atoms with Crippen LogP contribution in [0.2, 0.25) is 0 Å². The average molecular weight is 305 g/mol. The van der Waals surface area contributed by atoms with Crippen LogP contribution in [0.4, 0.5) is 17.6 Å². The largest absolute Gasteiger partial charge is 0.394 e. The fourth-order valence-corrected chi connectivity index (χ4v) is 2.32. The highest BCUT2D eigenvalue weighted by Crippen LogP contribution is 2.41. The van der Waals surface area contributed by atoms with E-state index in [1.165, 1.54) is 25.1 Å². The van der Waals surface area contributed by atoms with Crippen molar-refractivity contribution in [2.75, 3.05) is 7.11 Å². The molecule has 0 saturated carbocycles. The van der Waals surface area contributed by atoms with Crippen molar-refractivity contribution in [1.29, 1.82) is 0 Å². The molecule has 0 bridgehead atoms. The summed E-state index contributed by atoms with van der Waals surface area (Å²) in [6.07, 6.45) is -6.14. The van der Waals surface area contributed by atoms with Crippen LogP contribution < -0.4 is 0 Å². The number of halogens is 4. The number of azide groups is 1. The molecule has 0 aliphatic heterocycles. The fourth-order valence-electron chi connectivity index (χ4n) is 2.32. The molecule has 0 spiro atoms. The van der Waals surface area contributed by atoms with E-state index in [1.807, 2.05) is 0 Å². The molecule has 1 aromatic rings. The Hall–Kier alpha value is -1.79. The number of methoxy groups -OCH3 is 1. The summed E-state index contributed by atoms with van der Waals surface area (Å²) in [4.78, 5) is 2.57. The third-order valence-electron chi connectivity index (χ3n) is 3.45. The van der Waals surface area contributed by atoms with Gasteiger partial charge in [-0.25, -0.2) is 4.39 Å². The molecule has 0 saturated heterocycles. The summed E-state index contributed by atoms with van der Waals surface area (Å²) in [6.45, 7) is 2.13. The van der Waals surface area contributed by atoms with Gasteiger partial charge in [0, 0.05) is 17.6 Å². The van der Waals surface area contributed by atoms with Crippen molar-refractivity contribution in [3.63, 3.8) is 0 Å². The third kappa shape index (κ3) is 3.46. The Morgan fingerprint density at radius 1 is 1.29 bits per heavy atom. The average Bonchev–Trinajstić information content (AvgIpc) is 2.39. The molecule has 21 heavy (non-hydrogen) atoms. The van der Waals surface area contributed by atoms with Crippen LogP contribution in [0.3, 0.4) is 0 Å². The smallest absolute Gasteiger partial charge is 0.380 e. The van der Waals surface area contributed by atoms with E-state index in [9.17, 15) is 17.6 Å².